The Balaban J connectivity index is 2.00. The summed E-state index contributed by atoms with van der Waals surface area (Å²) >= 11 is 0. The second-order valence-electron chi connectivity index (χ2n) is 3.93. The first kappa shape index (κ1) is 9.24. The van der Waals surface area contributed by atoms with Gasteiger partial charge in [0.25, 0.3) is 0 Å². The van der Waals surface area contributed by atoms with Gasteiger partial charge in [0.2, 0.25) is 5.91 Å². The Bertz CT molecular complexity index is 345. The summed E-state index contributed by atoms with van der Waals surface area (Å²) in [5.41, 5.74) is 1.06. The molecule has 1 heterocycles. The van der Waals surface area contributed by atoms with Crippen LogP contribution >= 0.6 is 0 Å². The minimum Gasteiger partial charge on any atom is -0.311 e. The molecule has 0 radical (unpaired) electrons. The van der Waals surface area contributed by atoms with Crippen molar-refractivity contribution in [2.24, 2.45) is 11.8 Å². The van der Waals surface area contributed by atoms with E-state index in [0.717, 1.165) is 24.2 Å². The summed E-state index contributed by atoms with van der Waals surface area (Å²) in [6, 6.07) is 0. The predicted octanol–water partition coefficient (Wildman–Crippen LogP) is 1.57. The van der Waals surface area contributed by atoms with E-state index < -0.39 is 0 Å². The zero-order chi connectivity index (χ0) is 10.1. The van der Waals surface area contributed by atoms with E-state index in [0.29, 0.717) is 5.92 Å². The Morgan fingerprint density at radius 3 is 3.07 bits per heavy atom. The van der Waals surface area contributed by atoms with Crippen LogP contribution in [0, 0.1) is 11.8 Å². The van der Waals surface area contributed by atoms with Gasteiger partial charge in [0.05, 0.1) is 6.20 Å². The van der Waals surface area contributed by atoms with Crippen LogP contribution in [0.2, 0.25) is 0 Å². The lowest BCUT2D eigenvalue weighted by Crippen LogP contribution is -2.15. The second kappa shape index (κ2) is 3.44. The maximum Gasteiger partial charge on any atom is 0.228 e. The molecule has 1 aliphatic rings. The molecule has 2 atom stereocenters. The molecule has 1 aromatic heterocycles. The van der Waals surface area contributed by atoms with Crippen molar-refractivity contribution < 1.29 is 4.79 Å². The van der Waals surface area contributed by atoms with Crippen molar-refractivity contribution in [3.8, 4) is 0 Å². The second-order valence-corrected chi connectivity index (χ2v) is 3.93. The summed E-state index contributed by atoms with van der Waals surface area (Å²) in [6.07, 6.45) is 3.65. The summed E-state index contributed by atoms with van der Waals surface area (Å²) in [6.45, 7) is 4.14. The Kier molecular flexibility index (Phi) is 2.27. The van der Waals surface area contributed by atoms with Gasteiger partial charge in [0, 0.05) is 11.5 Å². The number of carbonyl (C=O) groups is 1. The van der Waals surface area contributed by atoms with E-state index >= 15 is 0 Å². The van der Waals surface area contributed by atoms with Gasteiger partial charge in [-0.2, -0.15) is 5.10 Å². The molecule has 1 amide bonds. The normalized spacial score (nSPS) is 24.7. The molecule has 2 N–H and O–H groups in total. The smallest absolute Gasteiger partial charge is 0.228 e. The number of aryl methyl sites for hydroxylation is 1. The summed E-state index contributed by atoms with van der Waals surface area (Å²) in [7, 11) is 0. The number of aromatic amines is 1. The van der Waals surface area contributed by atoms with Crippen LogP contribution in [-0.2, 0) is 11.2 Å². The fourth-order valence-electron chi connectivity index (χ4n) is 1.59. The first-order chi connectivity index (χ1) is 6.72. The summed E-state index contributed by atoms with van der Waals surface area (Å²) < 4.78 is 0. The third-order valence-corrected chi connectivity index (χ3v) is 2.79. The number of aromatic nitrogens is 2. The Labute approximate surface area is 83.1 Å². The molecule has 1 aromatic rings. The molecule has 14 heavy (non-hydrogen) atoms. The van der Waals surface area contributed by atoms with Gasteiger partial charge in [-0.1, -0.05) is 13.8 Å². The van der Waals surface area contributed by atoms with Gasteiger partial charge >= 0.3 is 0 Å². The van der Waals surface area contributed by atoms with Crippen LogP contribution in [0.15, 0.2) is 6.20 Å². The highest BCUT2D eigenvalue weighted by molar-refractivity contribution is 5.94. The molecule has 0 spiro atoms. The van der Waals surface area contributed by atoms with Gasteiger partial charge in [0.1, 0.15) is 5.82 Å². The van der Waals surface area contributed by atoms with Gasteiger partial charge < -0.3 is 5.32 Å². The van der Waals surface area contributed by atoms with Crippen molar-refractivity contribution in [1.29, 1.82) is 0 Å². The zero-order valence-electron chi connectivity index (χ0n) is 8.50. The van der Waals surface area contributed by atoms with Gasteiger partial charge in [-0.3, -0.25) is 9.89 Å². The third kappa shape index (κ3) is 1.64. The van der Waals surface area contributed by atoms with Gasteiger partial charge in [-0.25, -0.2) is 0 Å². The highest BCUT2D eigenvalue weighted by Crippen LogP contribution is 2.38. The number of rotatable bonds is 3. The van der Waals surface area contributed by atoms with E-state index in [1.807, 2.05) is 6.92 Å². The molecule has 76 valence electrons. The van der Waals surface area contributed by atoms with Crippen LogP contribution < -0.4 is 5.32 Å². The lowest BCUT2D eigenvalue weighted by Gasteiger charge is -2.02. The number of anilines is 1. The number of H-pyrrole nitrogens is 1. The molecule has 1 aliphatic carbocycles. The Morgan fingerprint density at radius 2 is 2.50 bits per heavy atom. The third-order valence-electron chi connectivity index (χ3n) is 2.79. The minimum atomic E-state index is 0.122. The maximum atomic E-state index is 11.6. The van der Waals surface area contributed by atoms with E-state index in [1.165, 1.54) is 0 Å². The molecule has 0 aromatic carbocycles. The Hall–Kier alpha value is -1.32. The number of hydrogen-bond acceptors (Lipinski definition) is 2. The maximum absolute atomic E-state index is 11.6. The summed E-state index contributed by atoms with van der Waals surface area (Å²) in [5.74, 6) is 1.64. The van der Waals surface area contributed by atoms with Crippen LogP contribution in [0.1, 0.15) is 25.8 Å². The molecular weight excluding hydrogens is 178 g/mol. The zero-order valence-corrected chi connectivity index (χ0v) is 8.50. The quantitative estimate of drug-likeness (QED) is 0.765. The summed E-state index contributed by atoms with van der Waals surface area (Å²) in [4.78, 5) is 11.6. The molecule has 1 saturated carbocycles. The van der Waals surface area contributed by atoms with Crippen molar-refractivity contribution in [3.05, 3.63) is 11.8 Å². The molecule has 4 heteroatoms. The molecule has 0 aliphatic heterocycles. The molecular formula is C10H15N3O. The molecule has 0 saturated heterocycles. The van der Waals surface area contributed by atoms with Crippen LogP contribution in [-0.4, -0.2) is 16.1 Å². The fraction of sp³-hybridized carbons (Fsp3) is 0.600. The van der Waals surface area contributed by atoms with E-state index in [-0.39, 0.29) is 11.8 Å². The van der Waals surface area contributed by atoms with Crippen molar-refractivity contribution >= 4 is 11.7 Å². The molecule has 1 fully saturated rings. The summed E-state index contributed by atoms with van der Waals surface area (Å²) in [5, 5.41) is 9.58. The number of nitrogens with zero attached hydrogens (tertiary/aromatic N) is 1. The highest BCUT2D eigenvalue weighted by Gasteiger charge is 2.39. The lowest BCUT2D eigenvalue weighted by molar-refractivity contribution is -0.117. The molecule has 2 rings (SSSR count). The van der Waals surface area contributed by atoms with Gasteiger partial charge in [-0.15, -0.1) is 0 Å². The SMILES string of the molecule is CCc1cn[nH]c1NC(=O)C1CC1C. The van der Waals surface area contributed by atoms with Crippen molar-refractivity contribution in [3.63, 3.8) is 0 Å². The largest absolute Gasteiger partial charge is 0.311 e. The van der Waals surface area contributed by atoms with E-state index in [9.17, 15) is 4.79 Å². The van der Waals surface area contributed by atoms with Crippen LogP contribution in [0.3, 0.4) is 0 Å². The topological polar surface area (TPSA) is 57.8 Å². The van der Waals surface area contributed by atoms with Crippen molar-refractivity contribution in [2.45, 2.75) is 26.7 Å². The number of hydrogen-bond donors (Lipinski definition) is 2. The van der Waals surface area contributed by atoms with E-state index in [2.05, 4.69) is 22.4 Å². The molecule has 2 unspecified atom stereocenters. The molecule has 0 bridgehead atoms. The highest BCUT2D eigenvalue weighted by atomic mass is 16.2. The standard InChI is InChI=1S/C10H15N3O/c1-3-7-5-11-13-9(7)12-10(14)8-4-6(8)2/h5-6,8H,3-4H2,1-2H3,(H2,11,12,13,14). The first-order valence-electron chi connectivity index (χ1n) is 5.05. The van der Waals surface area contributed by atoms with Crippen molar-refractivity contribution in [1.82, 2.24) is 10.2 Å². The van der Waals surface area contributed by atoms with Crippen molar-refractivity contribution in [2.75, 3.05) is 5.32 Å². The minimum absolute atomic E-state index is 0.122. The lowest BCUT2D eigenvalue weighted by atomic mass is 10.2. The average molecular weight is 193 g/mol. The van der Waals surface area contributed by atoms with E-state index in [1.54, 1.807) is 6.20 Å². The van der Waals surface area contributed by atoms with Crippen LogP contribution in [0.5, 0.6) is 0 Å². The fourth-order valence-corrected chi connectivity index (χ4v) is 1.59. The van der Waals surface area contributed by atoms with Crippen LogP contribution in [0.4, 0.5) is 5.82 Å². The van der Waals surface area contributed by atoms with Gasteiger partial charge in [0.15, 0.2) is 0 Å². The predicted molar refractivity (Wildman–Crippen MR) is 53.9 cm³/mol. The number of nitrogens with one attached hydrogen (secondary N) is 2. The van der Waals surface area contributed by atoms with Crippen LogP contribution in [0.25, 0.3) is 0 Å². The Morgan fingerprint density at radius 1 is 1.79 bits per heavy atom. The van der Waals surface area contributed by atoms with E-state index in [4.69, 9.17) is 0 Å². The molecule has 4 nitrogen and oxygen atoms in total. The van der Waals surface area contributed by atoms with Gasteiger partial charge in [-0.05, 0) is 18.8 Å². The first-order valence-corrected chi connectivity index (χ1v) is 5.05. The number of amides is 1. The monoisotopic (exact) mass is 193 g/mol. The average Bonchev–Trinajstić information content (AvgIpc) is 2.74. The number of carbonyl (C=O) groups excluding carboxylic acids is 1.